The number of carbonyl (C=O) groups excluding carboxylic acids is 1. The lowest BCUT2D eigenvalue weighted by atomic mass is 9.56. The molecule has 0 aromatic heterocycles. The monoisotopic (exact) mass is 253 g/mol. The zero-order valence-electron chi connectivity index (χ0n) is 11.2. The van der Waals surface area contributed by atoms with E-state index in [0.29, 0.717) is 5.54 Å². The van der Waals surface area contributed by atoms with Crippen LogP contribution in [0.2, 0.25) is 0 Å². The fourth-order valence-electron chi connectivity index (χ4n) is 4.20. The molecule has 3 aliphatic carbocycles. The van der Waals surface area contributed by atoms with Gasteiger partial charge in [0.1, 0.15) is 0 Å². The van der Waals surface area contributed by atoms with E-state index in [0.717, 1.165) is 64.8 Å². The lowest BCUT2D eigenvalue weighted by Crippen LogP contribution is -2.60. The van der Waals surface area contributed by atoms with Crippen molar-refractivity contribution < 1.29 is 14.3 Å². The maximum atomic E-state index is 12.0. The van der Waals surface area contributed by atoms with Crippen LogP contribution in [-0.4, -0.2) is 49.8 Å². The fourth-order valence-corrected chi connectivity index (χ4v) is 4.20. The molecule has 4 fully saturated rings. The second-order valence-electron chi connectivity index (χ2n) is 6.10. The molecule has 0 N–H and O–H groups in total. The van der Waals surface area contributed by atoms with Crippen molar-refractivity contribution in [2.75, 3.05) is 33.4 Å². The van der Waals surface area contributed by atoms with Gasteiger partial charge in [-0.3, -0.25) is 9.69 Å². The minimum Gasteiger partial charge on any atom is -0.469 e. The van der Waals surface area contributed by atoms with Crippen LogP contribution in [0.1, 0.15) is 38.5 Å². The minimum absolute atomic E-state index is 0.0257. The van der Waals surface area contributed by atoms with Crippen LogP contribution in [0.3, 0.4) is 0 Å². The van der Waals surface area contributed by atoms with E-state index in [9.17, 15) is 4.79 Å². The van der Waals surface area contributed by atoms with Gasteiger partial charge in [-0.05, 0) is 38.5 Å². The molecule has 0 radical (unpaired) electrons. The molecule has 0 unspecified atom stereocenters. The Morgan fingerprint density at radius 3 is 2.11 bits per heavy atom. The Bertz CT molecular complexity index is 311. The van der Waals surface area contributed by atoms with Crippen LogP contribution in [-0.2, 0) is 14.3 Å². The number of ether oxygens (including phenoxy) is 2. The second-order valence-corrected chi connectivity index (χ2v) is 6.10. The molecule has 0 spiro atoms. The van der Waals surface area contributed by atoms with E-state index in [4.69, 9.17) is 9.47 Å². The van der Waals surface area contributed by atoms with Crippen molar-refractivity contribution >= 4 is 5.97 Å². The van der Waals surface area contributed by atoms with Crippen LogP contribution in [0.4, 0.5) is 0 Å². The largest absolute Gasteiger partial charge is 0.469 e. The van der Waals surface area contributed by atoms with E-state index >= 15 is 0 Å². The molecular formula is C14H23NO3. The summed E-state index contributed by atoms with van der Waals surface area (Å²) in [6.07, 6.45) is 6.50. The van der Waals surface area contributed by atoms with Gasteiger partial charge in [-0.2, -0.15) is 0 Å². The third-order valence-corrected chi connectivity index (χ3v) is 5.51. The Hall–Kier alpha value is -0.610. The summed E-state index contributed by atoms with van der Waals surface area (Å²) >= 11 is 0. The van der Waals surface area contributed by atoms with Crippen LogP contribution < -0.4 is 0 Å². The van der Waals surface area contributed by atoms with E-state index in [1.54, 1.807) is 0 Å². The maximum Gasteiger partial charge on any atom is 0.311 e. The Morgan fingerprint density at radius 1 is 1.06 bits per heavy atom. The third-order valence-electron chi connectivity index (χ3n) is 5.51. The van der Waals surface area contributed by atoms with Gasteiger partial charge in [0.15, 0.2) is 0 Å². The van der Waals surface area contributed by atoms with Crippen LogP contribution in [0.15, 0.2) is 0 Å². The Balaban J connectivity index is 1.72. The number of rotatable bonds is 2. The van der Waals surface area contributed by atoms with E-state index < -0.39 is 0 Å². The predicted molar refractivity (Wildman–Crippen MR) is 67.3 cm³/mol. The number of hydrogen-bond acceptors (Lipinski definition) is 4. The first kappa shape index (κ1) is 12.4. The zero-order valence-corrected chi connectivity index (χ0v) is 11.2. The highest BCUT2D eigenvalue weighted by molar-refractivity contribution is 5.77. The number of methoxy groups -OCH3 is 1. The number of fused-ring (bicyclic) bond motifs is 3. The number of nitrogens with zero attached hydrogens (tertiary/aromatic N) is 1. The van der Waals surface area contributed by atoms with Crippen molar-refractivity contribution in [3.63, 3.8) is 0 Å². The highest BCUT2D eigenvalue weighted by Gasteiger charge is 2.55. The van der Waals surface area contributed by atoms with Gasteiger partial charge in [-0.25, -0.2) is 0 Å². The van der Waals surface area contributed by atoms with Gasteiger partial charge >= 0.3 is 5.97 Å². The Kier molecular flexibility index (Phi) is 3.10. The third kappa shape index (κ3) is 1.77. The minimum atomic E-state index is -0.150. The zero-order chi connectivity index (χ0) is 12.6. The van der Waals surface area contributed by atoms with Crippen molar-refractivity contribution in [3.8, 4) is 0 Å². The molecule has 0 aromatic rings. The molecule has 1 heterocycles. The van der Waals surface area contributed by atoms with Gasteiger partial charge < -0.3 is 9.47 Å². The molecule has 2 bridgehead atoms. The normalized spacial score (nSPS) is 40.7. The standard InChI is InChI=1S/C14H23NO3/c1-17-12(16)13-2-5-14(6-3-13,7-4-13)15-8-10-18-11-9-15/h2-11H2,1H3. The van der Waals surface area contributed by atoms with Gasteiger partial charge in [-0.15, -0.1) is 0 Å². The fraction of sp³-hybridized carbons (Fsp3) is 0.929. The number of morpholine rings is 1. The van der Waals surface area contributed by atoms with Crippen molar-refractivity contribution in [2.24, 2.45) is 5.41 Å². The number of carbonyl (C=O) groups is 1. The highest BCUT2D eigenvalue weighted by Crippen LogP contribution is 2.55. The average Bonchev–Trinajstić information content (AvgIpc) is 2.49. The molecule has 4 aliphatic rings. The summed E-state index contributed by atoms with van der Waals surface area (Å²) in [5.41, 5.74) is 0.211. The average molecular weight is 253 g/mol. The van der Waals surface area contributed by atoms with Crippen LogP contribution in [0, 0.1) is 5.41 Å². The summed E-state index contributed by atoms with van der Waals surface area (Å²) in [5.74, 6) is 0.0257. The number of esters is 1. The van der Waals surface area contributed by atoms with Crippen molar-refractivity contribution in [1.82, 2.24) is 4.90 Å². The van der Waals surface area contributed by atoms with E-state index in [-0.39, 0.29) is 11.4 Å². The molecule has 4 nitrogen and oxygen atoms in total. The Morgan fingerprint density at radius 2 is 1.61 bits per heavy atom. The van der Waals surface area contributed by atoms with Crippen molar-refractivity contribution in [1.29, 1.82) is 0 Å². The van der Waals surface area contributed by atoms with Crippen molar-refractivity contribution in [2.45, 2.75) is 44.1 Å². The van der Waals surface area contributed by atoms with Crippen LogP contribution in [0.25, 0.3) is 0 Å². The van der Waals surface area contributed by atoms with Gasteiger partial charge in [0.25, 0.3) is 0 Å². The predicted octanol–water partition coefficient (Wildman–Crippen LogP) is 1.58. The molecule has 4 rings (SSSR count). The summed E-state index contributed by atoms with van der Waals surface area (Å²) in [7, 11) is 1.52. The van der Waals surface area contributed by atoms with Gasteiger partial charge in [0.2, 0.25) is 0 Å². The summed E-state index contributed by atoms with van der Waals surface area (Å²) in [5, 5.41) is 0. The second kappa shape index (κ2) is 4.49. The number of hydrogen-bond donors (Lipinski definition) is 0. The van der Waals surface area contributed by atoms with E-state index in [1.807, 2.05) is 0 Å². The van der Waals surface area contributed by atoms with Gasteiger partial charge in [-0.1, -0.05) is 0 Å². The van der Waals surface area contributed by atoms with Crippen LogP contribution in [0.5, 0.6) is 0 Å². The first-order chi connectivity index (χ1) is 8.71. The molecule has 1 aliphatic heterocycles. The molecule has 102 valence electrons. The maximum absolute atomic E-state index is 12.0. The molecule has 3 saturated carbocycles. The molecule has 4 heteroatoms. The summed E-state index contributed by atoms with van der Waals surface area (Å²) in [6.45, 7) is 3.85. The first-order valence-electron chi connectivity index (χ1n) is 7.12. The summed E-state index contributed by atoms with van der Waals surface area (Å²) in [4.78, 5) is 14.6. The molecule has 0 aromatic carbocycles. The lowest BCUT2D eigenvalue weighted by Gasteiger charge is -2.57. The molecule has 0 amide bonds. The Labute approximate surface area is 109 Å². The molecule has 0 atom stereocenters. The smallest absolute Gasteiger partial charge is 0.311 e. The first-order valence-corrected chi connectivity index (χ1v) is 7.12. The lowest BCUT2D eigenvalue weighted by molar-refractivity contribution is -0.166. The van der Waals surface area contributed by atoms with Gasteiger partial charge in [0.05, 0.1) is 25.7 Å². The van der Waals surface area contributed by atoms with E-state index in [2.05, 4.69) is 4.90 Å². The topological polar surface area (TPSA) is 38.8 Å². The quantitative estimate of drug-likeness (QED) is 0.700. The molecule has 18 heavy (non-hydrogen) atoms. The SMILES string of the molecule is COC(=O)C12CCC(N3CCOCC3)(CC1)CC2. The summed E-state index contributed by atoms with van der Waals surface area (Å²) in [6, 6.07) is 0. The molecule has 1 saturated heterocycles. The molecular weight excluding hydrogens is 230 g/mol. The van der Waals surface area contributed by atoms with Crippen molar-refractivity contribution in [3.05, 3.63) is 0 Å². The van der Waals surface area contributed by atoms with Gasteiger partial charge in [0, 0.05) is 18.6 Å². The highest BCUT2D eigenvalue weighted by atomic mass is 16.5. The summed E-state index contributed by atoms with van der Waals surface area (Å²) < 4.78 is 10.5. The van der Waals surface area contributed by atoms with E-state index in [1.165, 1.54) is 7.11 Å². The van der Waals surface area contributed by atoms with Crippen LogP contribution >= 0.6 is 0 Å².